The number of hydroxylamine groups is 3. The Labute approximate surface area is 252 Å². The molecule has 10 nitrogen and oxygen atoms in total. The SMILES string of the molecule is CC(C)CN(C)Cc1ccc2c(c1)OCCC2NC(=O)CC(NS(=O)(=O)C1=C(Cl)C=CN2ONC=C12)c1ccccc1. The van der Waals surface area contributed by atoms with Crippen molar-refractivity contribution >= 4 is 27.5 Å². The van der Waals surface area contributed by atoms with Crippen LogP contribution in [0.2, 0.25) is 0 Å². The first-order valence-electron chi connectivity index (χ1n) is 13.9. The number of sulfonamides is 1. The molecule has 0 saturated heterocycles. The summed E-state index contributed by atoms with van der Waals surface area (Å²) in [5, 5.41) is 4.40. The van der Waals surface area contributed by atoms with Crippen LogP contribution in [-0.2, 0) is 26.3 Å². The van der Waals surface area contributed by atoms with Crippen LogP contribution in [0.15, 0.2) is 82.6 Å². The summed E-state index contributed by atoms with van der Waals surface area (Å²) in [6.07, 6.45) is 4.83. The lowest BCUT2D eigenvalue weighted by molar-refractivity contribution is -0.122. The molecule has 5 rings (SSSR count). The standard InChI is InChI=1S/C30H36ClN5O5S/c1-20(2)18-35(3)19-21-9-10-23-25(12-14-40-28(23)15-21)33-29(37)16-26(22-7-5-4-6-8-22)34-42(38,39)30-24(31)11-13-36-27(30)17-32-41-36/h4-11,13,15,17,20,25-26,32,34H,12,14,16,18-19H2,1-3H3,(H,33,37). The Bertz CT molecular complexity index is 1510. The van der Waals surface area contributed by atoms with Gasteiger partial charge in [0.05, 0.1) is 29.9 Å². The van der Waals surface area contributed by atoms with Crippen molar-refractivity contribution in [2.45, 2.75) is 45.3 Å². The molecule has 224 valence electrons. The highest BCUT2D eigenvalue weighted by atomic mass is 35.5. The highest BCUT2D eigenvalue weighted by Gasteiger charge is 2.36. The van der Waals surface area contributed by atoms with Crippen LogP contribution in [-0.4, -0.2) is 44.5 Å². The van der Waals surface area contributed by atoms with Crippen molar-refractivity contribution < 1.29 is 22.9 Å². The topological polar surface area (TPSA) is 112 Å². The predicted molar refractivity (Wildman–Crippen MR) is 161 cm³/mol. The largest absolute Gasteiger partial charge is 0.493 e. The minimum Gasteiger partial charge on any atom is -0.493 e. The van der Waals surface area contributed by atoms with Crippen molar-refractivity contribution in [3.8, 4) is 5.75 Å². The zero-order valence-corrected chi connectivity index (χ0v) is 25.4. The van der Waals surface area contributed by atoms with Gasteiger partial charge in [-0.1, -0.05) is 67.9 Å². The van der Waals surface area contributed by atoms with Crippen molar-refractivity contribution in [2.24, 2.45) is 5.92 Å². The summed E-state index contributed by atoms with van der Waals surface area (Å²) in [5.74, 6) is 1.04. The Morgan fingerprint density at radius 2 is 2.00 bits per heavy atom. The summed E-state index contributed by atoms with van der Waals surface area (Å²) < 4.78 is 35.9. The zero-order valence-electron chi connectivity index (χ0n) is 23.8. The van der Waals surface area contributed by atoms with Gasteiger partial charge >= 0.3 is 0 Å². The first-order valence-corrected chi connectivity index (χ1v) is 15.8. The van der Waals surface area contributed by atoms with Crippen molar-refractivity contribution in [1.29, 1.82) is 0 Å². The lowest BCUT2D eigenvalue weighted by Gasteiger charge is -2.29. The molecule has 2 unspecified atom stereocenters. The molecule has 1 amide bonds. The van der Waals surface area contributed by atoms with Crippen LogP contribution in [0.4, 0.5) is 0 Å². The number of benzene rings is 2. The minimum absolute atomic E-state index is 0.0298. The van der Waals surface area contributed by atoms with E-state index in [1.807, 2.05) is 18.2 Å². The molecule has 3 N–H and O–H groups in total. The normalized spacial score (nSPS) is 18.8. The van der Waals surface area contributed by atoms with E-state index >= 15 is 0 Å². The number of nitrogens with zero attached hydrogens (tertiary/aromatic N) is 2. The number of carbonyl (C=O) groups excluding carboxylic acids is 1. The first kappa shape index (κ1) is 30.1. The van der Waals surface area contributed by atoms with E-state index in [9.17, 15) is 13.2 Å². The van der Waals surface area contributed by atoms with Crippen LogP contribution in [0, 0.1) is 5.92 Å². The Morgan fingerprint density at radius 1 is 1.21 bits per heavy atom. The third-order valence-electron chi connectivity index (χ3n) is 7.13. The molecule has 2 aromatic rings. The molecule has 3 aliphatic rings. The molecular formula is C30H36ClN5O5S. The number of carbonyl (C=O) groups is 1. The second-order valence-corrected chi connectivity index (χ2v) is 13.1. The van der Waals surface area contributed by atoms with Gasteiger partial charge in [0.25, 0.3) is 0 Å². The number of halogens is 1. The maximum Gasteiger partial charge on any atom is 0.244 e. The fourth-order valence-electron chi connectivity index (χ4n) is 5.40. The van der Waals surface area contributed by atoms with E-state index in [0.717, 1.165) is 30.0 Å². The van der Waals surface area contributed by atoms with E-state index in [1.54, 1.807) is 24.3 Å². The zero-order chi connectivity index (χ0) is 29.9. The van der Waals surface area contributed by atoms with Gasteiger partial charge in [-0.3, -0.25) is 4.79 Å². The number of ether oxygens (including phenoxy) is 1. The van der Waals surface area contributed by atoms with Crippen LogP contribution >= 0.6 is 11.6 Å². The van der Waals surface area contributed by atoms with Gasteiger partial charge in [0.1, 0.15) is 16.4 Å². The van der Waals surface area contributed by atoms with Gasteiger partial charge in [-0.2, -0.15) is 4.94 Å². The molecule has 0 radical (unpaired) electrons. The van der Waals surface area contributed by atoms with Crippen LogP contribution in [0.5, 0.6) is 5.75 Å². The number of allylic oxidation sites excluding steroid dienone is 2. The van der Waals surface area contributed by atoms with Crippen molar-refractivity contribution in [1.82, 2.24) is 25.5 Å². The molecule has 0 saturated carbocycles. The first-order chi connectivity index (χ1) is 20.1. The van der Waals surface area contributed by atoms with Gasteiger partial charge in [-0.15, -0.1) is 0 Å². The monoisotopic (exact) mass is 613 g/mol. The molecule has 0 fully saturated rings. The summed E-state index contributed by atoms with van der Waals surface area (Å²) in [4.78, 5) is 20.7. The highest BCUT2D eigenvalue weighted by Crippen LogP contribution is 2.35. The molecule has 0 aliphatic carbocycles. The van der Waals surface area contributed by atoms with Gasteiger partial charge in [0.2, 0.25) is 15.9 Å². The summed E-state index contributed by atoms with van der Waals surface area (Å²) in [6, 6.07) is 14.0. The smallest absolute Gasteiger partial charge is 0.244 e. The molecule has 2 atom stereocenters. The van der Waals surface area contributed by atoms with Crippen LogP contribution in [0.25, 0.3) is 0 Å². The summed E-state index contributed by atoms with van der Waals surface area (Å²) in [7, 11) is -2.07. The minimum atomic E-state index is -4.17. The lowest BCUT2D eigenvalue weighted by Crippen LogP contribution is -2.38. The van der Waals surface area contributed by atoms with Gasteiger partial charge in [0.15, 0.2) is 0 Å². The molecule has 2 aromatic carbocycles. The number of nitrogens with one attached hydrogen (secondary N) is 3. The Kier molecular flexibility index (Phi) is 9.24. The second-order valence-electron chi connectivity index (χ2n) is 11.1. The number of rotatable bonds is 11. The van der Waals surface area contributed by atoms with E-state index in [1.165, 1.54) is 23.5 Å². The highest BCUT2D eigenvalue weighted by molar-refractivity contribution is 7.93. The lowest BCUT2D eigenvalue weighted by atomic mass is 9.97. The fourth-order valence-corrected chi connectivity index (χ4v) is 7.32. The van der Waals surface area contributed by atoms with Crippen LogP contribution in [0.3, 0.4) is 0 Å². The van der Waals surface area contributed by atoms with Gasteiger partial charge < -0.3 is 15.0 Å². The van der Waals surface area contributed by atoms with Gasteiger partial charge in [0, 0.05) is 37.7 Å². The van der Waals surface area contributed by atoms with E-state index in [2.05, 4.69) is 47.4 Å². The van der Waals surface area contributed by atoms with Crippen molar-refractivity contribution in [3.63, 3.8) is 0 Å². The summed E-state index contributed by atoms with van der Waals surface area (Å²) in [6.45, 7) is 6.65. The Hall–Kier alpha value is -3.35. The quantitative estimate of drug-likeness (QED) is 0.343. The molecular weight excluding hydrogens is 578 g/mol. The molecule has 42 heavy (non-hydrogen) atoms. The summed E-state index contributed by atoms with van der Waals surface area (Å²) in [5.41, 5.74) is 5.46. The fraction of sp³-hybridized carbons (Fsp3) is 0.367. The average molecular weight is 614 g/mol. The number of hydrogen-bond donors (Lipinski definition) is 3. The molecule has 3 heterocycles. The third-order valence-corrected chi connectivity index (χ3v) is 9.12. The number of hydrogen-bond acceptors (Lipinski definition) is 8. The number of amides is 1. The predicted octanol–water partition coefficient (Wildman–Crippen LogP) is 4.34. The second kappa shape index (κ2) is 12.9. The van der Waals surface area contributed by atoms with Crippen LogP contribution in [0.1, 0.15) is 55.5 Å². The Balaban J connectivity index is 1.32. The molecule has 0 spiro atoms. The average Bonchev–Trinajstić information content (AvgIpc) is 3.41. The van der Waals surface area contributed by atoms with Crippen molar-refractivity contribution in [3.05, 3.63) is 99.3 Å². The van der Waals surface area contributed by atoms with E-state index in [4.69, 9.17) is 21.3 Å². The number of fused-ring (bicyclic) bond motifs is 2. The van der Waals surface area contributed by atoms with Gasteiger partial charge in [-0.05, 0) is 36.2 Å². The Morgan fingerprint density at radius 3 is 2.76 bits per heavy atom. The van der Waals surface area contributed by atoms with E-state index in [0.29, 0.717) is 24.5 Å². The molecule has 0 bridgehead atoms. The third kappa shape index (κ3) is 6.99. The molecule has 12 heteroatoms. The summed E-state index contributed by atoms with van der Waals surface area (Å²) >= 11 is 6.34. The molecule has 0 aromatic heterocycles. The van der Waals surface area contributed by atoms with Gasteiger partial charge in [-0.25, -0.2) is 23.7 Å². The maximum atomic E-state index is 13.6. The van der Waals surface area contributed by atoms with Crippen LogP contribution < -0.4 is 20.3 Å². The van der Waals surface area contributed by atoms with E-state index in [-0.39, 0.29) is 34.0 Å². The molecule has 3 aliphatic heterocycles. The van der Waals surface area contributed by atoms with E-state index < -0.39 is 16.1 Å². The maximum absolute atomic E-state index is 13.6. The van der Waals surface area contributed by atoms with Crippen molar-refractivity contribution in [2.75, 3.05) is 20.2 Å².